The van der Waals surface area contributed by atoms with Gasteiger partial charge in [-0.25, -0.2) is 0 Å². The minimum atomic E-state index is -0.610. The monoisotopic (exact) mass is 511 g/mol. The molecule has 2 rings (SSSR count). The first-order valence-corrected chi connectivity index (χ1v) is 12.6. The normalized spacial score (nSPS) is 12.4. The average molecular weight is 512 g/mol. The second-order valence-electron chi connectivity index (χ2n) is 9.21. The molecule has 2 aromatic carbocycles. The molecule has 0 saturated heterocycles. The van der Waals surface area contributed by atoms with Gasteiger partial charge in [-0.15, -0.1) is 0 Å². The summed E-state index contributed by atoms with van der Waals surface area (Å²) in [5.41, 5.74) is 1.81. The van der Waals surface area contributed by atoms with Gasteiger partial charge in [-0.2, -0.15) is 5.26 Å². The predicted octanol–water partition coefficient (Wildman–Crippen LogP) is 4.50. The Labute approximate surface area is 221 Å². The van der Waals surface area contributed by atoms with Crippen molar-refractivity contribution in [2.24, 2.45) is 5.92 Å². The lowest BCUT2D eigenvalue weighted by molar-refractivity contribution is 0.0961. The highest BCUT2D eigenvalue weighted by Crippen LogP contribution is 2.40. The number of nitrogens with one attached hydrogen (secondary N) is 2. The summed E-state index contributed by atoms with van der Waals surface area (Å²) in [5, 5.41) is 16.4. The third kappa shape index (κ3) is 7.07. The summed E-state index contributed by atoms with van der Waals surface area (Å²) in [5.74, 6) is 2.39. The maximum atomic E-state index is 12.4. The van der Waals surface area contributed by atoms with Gasteiger partial charge in [0.25, 0.3) is 5.91 Å². The molecule has 0 aliphatic heterocycles. The largest absolute Gasteiger partial charge is 0.493 e. The number of ether oxygens (including phenoxy) is 4. The third-order valence-corrected chi connectivity index (χ3v) is 6.91. The number of hydrogen-bond donors (Lipinski definition) is 2. The molecule has 0 bridgehead atoms. The highest BCUT2D eigenvalue weighted by Gasteiger charge is 2.36. The zero-order valence-electron chi connectivity index (χ0n) is 23.2. The molecular weight excluding hydrogens is 470 g/mol. The third-order valence-electron chi connectivity index (χ3n) is 6.91. The van der Waals surface area contributed by atoms with E-state index in [1.54, 1.807) is 41.6 Å². The molecule has 1 unspecified atom stereocenters. The number of amides is 1. The van der Waals surface area contributed by atoms with Gasteiger partial charge < -0.3 is 29.6 Å². The predicted molar refractivity (Wildman–Crippen MR) is 145 cm³/mol. The van der Waals surface area contributed by atoms with Gasteiger partial charge in [-0.05, 0) is 73.7 Å². The van der Waals surface area contributed by atoms with Crippen molar-refractivity contribution in [3.05, 3.63) is 47.0 Å². The van der Waals surface area contributed by atoms with Crippen LogP contribution in [0, 0.1) is 17.2 Å². The van der Waals surface area contributed by atoms with E-state index in [4.69, 9.17) is 18.9 Å². The summed E-state index contributed by atoms with van der Waals surface area (Å²) in [6.07, 6.45) is 3.24. The molecular formula is C29H41N3O5. The maximum Gasteiger partial charge on any atom is 0.251 e. The number of nitriles is 1. The molecule has 2 N–H and O–H groups in total. The summed E-state index contributed by atoms with van der Waals surface area (Å²) in [7, 11) is 7.96. The number of carbonyl (C=O) groups is 1. The molecule has 0 radical (unpaired) electrons. The van der Waals surface area contributed by atoms with Crippen LogP contribution in [0.5, 0.6) is 23.0 Å². The van der Waals surface area contributed by atoms with Gasteiger partial charge >= 0.3 is 0 Å². The zero-order valence-corrected chi connectivity index (χ0v) is 23.2. The van der Waals surface area contributed by atoms with Crippen molar-refractivity contribution >= 4 is 5.91 Å². The van der Waals surface area contributed by atoms with E-state index < -0.39 is 5.41 Å². The fourth-order valence-corrected chi connectivity index (χ4v) is 4.61. The molecule has 8 nitrogen and oxygen atoms in total. The van der Waals surface area contributed by atoms with Crippen molar-refractivity contribution in [3.8, 4) is 29.1 Å². The number of methoxy groups -OCH3 is 4. The van der Waals surface area contributed by atoms with Crippen LogP contribution < -0.4 is 29.6 Å². The second kappa shape index (κ2) is 14.3. The van der Waals surface area contributed by atoms with Gasteiger partial charge in [0.1, 0.15) is 0 Å². The lowest BCUT2D eigenvalue weighted by Gasteiger charge is -2.32. The molecule has 0 aromatic heterocycles. The molecule has 202 valence electrons. The Morgan fingerprint density at radius 3 is 2.11 bits per heavy atom. The van der Waals surface area contributed by atoms with E-state index in [-0.39, 0.29) is 11.8 Å². The number of carbonyl (C=O) groups excluding carboxylic acids is 1. The van der Waals surface area contributed by atoms with Crippen molar-refractivity contribution in [1.29, 1.82) is 5.26 Å². The van der Waals surface area contributed by atoms with Crippen molar-refractivity contribution in [2.75, 3.05) is 48.6 Å². The van der Waals surface area contributed by atoms with Gasteiger partial charge in [0.05, 0.1) is 39.9 Å². The summed E-state index contributed by atoms with van der Waals surface area (Å²) in [6.45, 7) is 5.70. The molecule has 2 aromatic rings. The van der Waals surface area contributed by atoms with Crippen molar-refractivity contribution in [3.63, 3.8) is 0 Å². The molecule has 1 amide bonds. The zero-order chi connectivity index (χ0) is 27.4. The fraction of sp³-hybridized carbons (Fsp3) is 0.517. The molecule has 37 heavy (non-hydrogen) atoms. The number of hydrogen-bond acceptors (Lipinski definition) is 7. The molecule has 0 fully saturated rings. The van der Waals surface area contributed by atoms with Gasteiger partial charge in [-0.1, -0.05) is 26.3 Å². The van der Waals surface area contributed by atoms with Gasteiger partial charge in [0.15, 0.2) is 23.0 Å². The van der Waals surface area contributed by atoms with Crippen LogP contribution in [0.1, 0.15) is 54.6 Å². The highest BCUT2D eigenvalue weighted by molar-refractivity contribution is 5.96. The standard InChI is InChI=1S/C29H41N3O5/c1-20(2)29(19-30,22-10-11-24(34-4)26(17-22)36-6)13-8-9-14-32-15-12-21-16-25(35-5)27(37-7)18-23(21)28(33)31-3/h10-11,16-18,20,32H,8-9,12-15H2,1-7H3,(H,31,33). The van der Waals surface area contributed by atoms with Gasteiger partial charge in [0, 0.05) is 12.6 Å². The molecule has 0 aliphatic rings. The number of unbranched alkanes of at least 4 members (excludes halogenated alkanes) is 1. The summed E-state index contributed by atoms with van der Waals surface area (Å²) >= 11 is 0. The molecule has 0 aliphatic carbocycles. The van der Waals surface area contributed by atoms with Crippen LogP contribution in [0.3, 0.4) is 0 Å². The first kappa shape index (κ1) is 29.8. The van der Waals surface area contributed by atoms with Crippen molar-refractivity contribution < 1.29 is 23.7 Å². The van der Waals surface area contributed by atoms with E-state index in [1.165, 1.54) is 0 Å². The minimum absolute atomic E-state index is 0.136. The summed E-state index contributed by atoms with van der Waals surface area (Å²) < 4.78 is 21.6. The fourth-order valence-electron chi connectivity index (χ4n) is 4.61. The van der Waals surface area contributed by atoms with Crippen LogP contribution in [-0.4, -0.2) is 54.5 Å². The Kier molecular flexibility index (Phi) is 11.5. The molecule has 0 heterocycles. The van der Waals surface area contributed by atoms with E-state index in [1.807, 2.05) is 24.3 Å². The lowest BCUT2D eigenvalue weighted by atomic mass is 9.69. The van der Waals surface area contributed by atoms with Crippen LogP contribution in [-0.2, 0) is 11.8 Å². The van der Waals surface area contributed by atoms with E-state index in [0.29, 0.717) is 41.5 Å². The molecule has 0 saturated carbocycles. The topological polar surface area (TPSA) is 102 Å². The summed E-state index contributed by atoms with van der Waals surface area (Å²) in [4.78, 5) is 12.4. The number of rotatable bonds is 15. The van der Waals surface area contributed by atoms with Crippen LogP contribution >= 0.6 is 0 Å². The van der Waals surface area contributed by atoms with Crippen LogP contribution in [0.15, 0.2) is 30.3 Å². The maximum absolute atomic E-state index is 12.4. The molecule has 1 atom stereocenters. The Morgan fingerprint density at radius 2 is 1.54 bits per heavy atom. The van der Waals surface area contributed by atoms with Gasteiger partial charge in [0.2, 0.25) is 0 Å². The lowest BCUT2D eigenvalue weighted by Crippen LogP contribution is -2.31. The van der Waals surface area contributed by atoms with E-state index in [0.717, 1.165) is 36.9 Å². The Hall–Kier alpha value is -3.44. The Balaban J connectivity index is 1.98. The Bertz CT molecular complexity index is 1080. The SMILES string of the molecule is CNC(=O)c1cc(OC)c(OC)cc1CCNCCCCC(C#N)(c1ccc(OC)c(OC)c1)C(C)C. The van der Waals surface area contributed by atoms with E-state index >= 15 is 0 Å². The first-order chi connectivity index (χ1) is 17.8. The number of nitrogens with zero attached hydrogens (tertiary/aromatic N) is 1. The van der Waals surface area contributed by atoms with Crippen LogP contribution in [0.2, 0.25) is 0 Å². The van der Waals surface area contributed by atoms with Gasteiger partial charge in [-0.3, -0.25) is 4.79 Å². The van der Waals surface area contributed by atoms with Crippen molar-refractivity contribution in [1.82, 2.24) is 10.6 Å². The van der Waals surface area contributed by atoms with Crippen LogP contribution in [0.25, 0.3) is 0 Å². The van der Waals surface area contributed by atoms with Crippen molar-refractivity contribution in [2.45, 2.75) is 44.9 Å². The molecule has 0 spiro atoms. The van der Waals surface area contributed by atoms with E-state index in [9.17, 15) is 10.1 Å². The molecule has 8 heteroatoms. The second-order valence-corrected chi connectivity index (χ2v) is 9.21. The quantitative estimate of drug-likeness (QED) is 0.340. The summed E-state index contributed by atoms with van der Waals surface area (Å²) in [6, 6.07) is 11.9. The highest BCUT2D eigenvalue weighted by atomic mass is 16.5. The average Bonchev–Trinajstić information content (AvgIpc) is 2.93. The smallest absolute Gasteiger partial charge is 0.251 e. The minimum Gasteiger partial charge on any atom is -0.493 e. The first-order valence-electron chi connectivity index (χ1n) is 12.6. The van der Waals surface area contributed by atoms with E-state index in [2.05, 4.69) is 30.6 Å². The number of benzene rings is 2. The van der Waals surface area contributed by atoms with Crippen LogP contribution in [0.4, 0.5) is 0 Å². The Morgan fingerprint density at radius 1 is 0.919 bits per heavy atom.